The van der Waals surface area contributed by atoms with E-state index in [0.717, 1.165) is 31.9 Å². The molecule has 1 aliphatic heterocycles. The smallest absolute Gasteiger partial charge is 0.251 e. The topological polar surface area (TPSA) is 70.5 Å². The summed E-state index contributed by atoms with van der Waals surface area (Å²) in [4.78, 5) is 28.5. The summed E-state index contributed by atoms with van der Waals surface area (Å²) < 4.78 is 1.70. The minimum atomic E-state index is -0.180. The Hall–Kier alpha value is -2.67. The van der Waals surface area contributed by atoms with Crippen molar-refractivity contribution in [3.05, 3.63) is 48.3 Å². The van der Waals surface area contributed by atoms with Crippen LogP contribution in [0.5, 0.6) is 0 Å². The van der Waals surface area contributed by atoms with Crippen LogP contribution in [0.4, 0.5) is 0 Å². The number of carbonyl (C=O) groups excluding carboxylic acids is 2. The molecule has 7 nitrogen and oxygen atoms in total. The molecule has 1 aliphatic rings. The van der Waals surface area contributed by atoms with Gasteiger partial charge in [-0.2, -0.15) is 5.10 Å². The summed E-state index contributed by atoms with van der Waals surface area (Å²) in [6.07, 6.45) is 3.84. The minimum absolute atomic E-state index is 0.0960. The first-order valence-electron chi connectivity index (χ1n) is 8.48. The van der Waals surface area contributed by atoms with Gasteiger partial charge in [-0.1, -0.05) is 6.07 Å². The number of piperazine rings is 1. The van der Waals surface area contributed by atoms with Crippen LogP contribution in [0.25, 0.3) is 5.69 Å². The summed E-state index contributed by atoms with van der Waals surface area (Å²) >= 11 is 0. The Morgan fingerprint density at radius 1 is 1.16 bits per heavy atom. The van der Waals surface area contributed by atoms with Crippen LogP contribution in [0, 0.1) is 0 Å². The molecule has 0 aliphatic carbocycles. The van der Waals surface area contributed by atoms with Crippen LogP contribution in [-0.2, 0) is 4.79 Å². The number of benzene rings is 1. The highest BCUT2D eigenvalue weighted by Crippen LogP contribution is 2.09. The molecule has 0 bridgehead atoms. The Morgan fingerprint density at radius 2 is 1.96 bits per heavy atom. The van der Waals surface area contributed by atoms with E-state index in [2.05, 4.69) is 22.4 Å². The van der Waals surface area contributed by atoms with Crippen molar-refractivity contribution >= 4 is 11.8 Å². The van der Waals surface area contributed by atoms with E-state index in [0.29, 0.717) is 18.5 Å². The molecule has 0 unspecified atom stereocenters. The zero-order valence-electron chi connectivity index (χ0n) is 14.4. The molecule has 1 fully saturated rings. The summed E-state index contributed by atoms with van der Waals surface area (Å²) in [5, 5.41) is 6.98. The van der Waals surface area contributed by atoms with Gasteiger partial charge in [0.25, 0.3) is 5.91 Å². The van der Waals surface area contributed by atoms with E-state index in [1.54, 1.807) is 23.0 Å². The quantitative estimate of drug-likeness (QED) is 0.872. The van der Waals surface area contributed by atoms with E-state index in [-0.39, 0.29) is 11.8 Å². The van der Waals surface area contributed by atoms with Gasteiger partial charge < -0.3 is 15.1 Å². The first-order chi connectivity index (χ1) is 12.1. The summed E-state index contributed by atoms with van der Waals surface area (Å²) in [5.74, 6) is -0.0844. The summed E-state index contributed by atoms with van der Waals surface area (Å²) in [5.41, 5.74) is 1.38. The second-order valence-corrected chi connectivity index (χ2v) is 6.19. The molecule has 0 saturated carbocycles. The first kappa shape index (κ1) is 17.2. The molecule has 0 radical (unpaired) electrons. The normalized spacial score (nSPS) is 15.2. The van der Waals surface area contributed by atoms with Gasteiger partial charge in [-0.25, -0.2) is 4.68 Å². The van der Waals surface area contributed by atoms with Crippen molar-refractivity contribution in [2.75, 3.05) is 39.8 Å². The fraction of sp³-hybridized carbons (Fsp3) is 0.389. The fourth-order valence-electron chi connectivity index (χ4n) is 2.81. The molecule has 2 heterocycles. The molecular weight excluding hydrogens is 318 g/mol. The van der Waals surface area contributed by atoms with Crippen molar-refractivity contribution in [1.29, 1.82) is 0 Å². The van der Waals surface area contributed by atoms with Gasteiger partial charge in [0, 0.05) is 57.1 Å². The van der Waals surface area contributed by atoms with Crippen molar-refractivity contribution < 1.29 is 9.59 Å². The molecule has 132 valence electrons. The van der Waals surface area contributed by atoms with E-state index in [1.165, 1.54) is 0 Å². The maximum atomic E-state index is 12.3. The van der Waals surface area contributed by atoms with E-state index in [9.17, 15) is 9.59 Å². The third-order valence-electron chi connectivity index (χ3n) is 4.36. The monoisotopic (exact) mass is 341 g/mol. The zero-order chi connectivity index (χ0) is 17.6. The van der Waals surface area contributed by atoms with E-state index in [4.69, 9.17) is 0 Å². The lowest BCUT2D eigenvalue weighted by Crippen LogP contribution is -2.47. The van der Waals surface area contributed by atoms with Crippen molar-refractivity contribution in [3.63, 3.8) is 0 Å². The van der Waals surface area contributed by atoms with Crippen molar-refractivity contribution in [2.24, 2.45) is 0 Å². The van der Waals surface area contributed by atoms with Crippen molar-refractivity contribution in [1.82, 2.24) is 24.9 Å². The Morgan fingerprint density at radius 3 is 2.68 bits per heavy atom. The number of rotatable bonds is 5. The zero-order valence-corrected chi connectivity index (χ0v) is 14.4. The second kappa shape index (κ2) is 7.94. The van der Waals surface area contributed by atoms with Gasteiger partial charge in [0.15, 0.2) is 0 Å². The fourth-order valence-corrected chi connectivity index (χ4v) is 2.81. The highest BCUT2D eigenvalue weighted by atomic mass is 16.2. The molecule has 0 atom stereocenters. The number of nitrogens with one attached hydrogen (secondary N) is 1. The highest BCUT2D eigenvalue weighted by Gasteiger charge is 2.18. The van der Waals surface area contributed by atoms with Crippen molar-refractivity contribution in [3.8, 4) is 5.69 Å². The number of carbonyl (C=O) groups is 2. The van der Waals surface area contributed by atoms with E-state index < -0.39 is 0 Å². The van der Waals surface area contributed by atoms with Crippen LogP contribution in [0.15, 0.2) is 42.7 Å². The average molecular weight is 341 g/mol. The maximum Gasteiger partial charge on any atom is 0.251 e. The Kier molecular flexibility index (Phi) is 5.45. The van der Waals surface area contributed by atoms with Crippen molar-refractivity contribution in [2.45, 2.75) is 6.42 Å². The molecule has 1 N–H and O–H groups in total. The lowest BCUT2D eigenvalue weighted by atomic mass is 10.2. The van der Waals surface area contributed by atoms with E-state index in [1.807, 2.05) is 29.3 Å². The Balaban J connectivity index is 1.49. The Labute approximate surface area is 147 Å². The average Bonchev–Trinajstić information content (AvgIpc) is 3.17. The number of hydrogen-bond acceptors (Lipinski definition) is 4. The maximum absolute atomic E-state index is 12.3. The van der Waals surface area contributed by atoms with Crippen LogP contribution in [0.2, 0.25) is 0 Å². The van der Waals surface area contributed by atoms with Gasteiger partial charge in [0.2, 0.25) is 5.91 Å². The van der Waals surface area contributed by atoms with E-state index >= 15 is 0 Å². The number of nitrogens with zero attached hydrogens (tertiary/aromatic N) is 4. The molecule has 25 heavy (non-hydrogen) atoms. The summed E-state index contributed by atoms with van der Waals surface area (Å²) in [6.45, 7) is 3.66. The molecule has 1 saturated heterocycles. The minimum Gasteiger partial charge on any atom is -0.352 e. The molecule has 1 aromatic heterocycles. The molecule has 1 aromatic carbocycles. The van der Waals surface area contributed by atoms with Crippen LogP contribution < -0.4 is 5.32 Å². The molecule has 2 amide bonds. The molecule has 0 spiro atoms. The van der Waals surface area contributed by atoms with Crippen LogP contribution in [0.3, 0.4) is 0 Å². The number of amides is 2. The van der Waals surface area contributed by atoms with Crippen LogP contribution in [0.1, 0.15) is 16.8 Å². The number of aromatic nitrogens is 2. The standard InChI is InChI=1S/C18H23N5O2/c1-21-10-12-22(13-11-21)17(24)6-8-19-18(25)15-4-2-5-16(14-15)23-9-3-7-20-23/h2-5,7,9,14H,6,8,10-13H2,1H3,(H,19,25). The lowest BCUT2D eigenvalue weighted by Gasteiger charge is -2.32. The SMILES string of the molecule is CN1CCN(C(=O)CCNC(=O)c2cccc(-n3cccn3)c2)CC1. The third kappa shape index (κ3) is 4.45. The summed E-state index contributed by atoms with van der Waals surface area (Å²) in [6, 6.07) is 9.08. The number of likely N-dealkylation sites (N-methyl/N-ethyl adjacent to an activating group) is 1. The van der Waals surface area contributed by atoms with Crippen LogP contribution >= 0.6 is 0 Å². The van der Waals surface area contributed by atoms with Gasteiger partial charge in [0.1, 0.15) is 0 Å². The molecule has 7 heteroatoms. The Bertz CT molecular complexity index is 721. The second-order valence-electron chi connectivity index (χ2n) is 6.19. The lowest BCUT2D eigenvalue weighted by molar-refractivity contribution is -0.132. The predicted molar refractivity (Wildman–Crippen MR) is 94.6 cm³/mol. The summed E-state index contributed by atoms with van der Waals surface area (Å²) in [7, 11) is 2.05. The first-order valence-corrected chi connectivity index (χ1v) is 8.48. The van der Waals surface area contributed by atoms with Gasteiger partial charge >= 0.3 is 0 Å². The largest absolute Gasteiger partial charge is 0.352 e. The molecule has 2 aromatic rings. The molecule has 3 rings (SSSR count). The van der Waals surface area contributed by atoms with Crippen LogP contribution in [-0.4, -0.2) is 71.2 Å². The van der Waals surface area contributed by atoms with Gasteiger partial charge in [-0.3, -0.25) is 9.59 Å². The molecular formula is C18H23N5O2. The van der Waals surface area contributed by atoms with Gasteiger partial charge in [-0.05, 0) is 31.3 Å². The van der Waals surface area contributed by atoms with Gasteiger partial charge in [0.05, 0.1) is 5.69 Å². The number of hydrogen-bond donors (Lipinski definition) is 1. The highest BCUT2D eigenvalue weighted by molar-refractivity contribution is 5.95. The predicted octanol–water partition coefficient (Wildman–Crippen LogP) is 0.766. The third-order valence-corrected chi connectivity index (χ3v) is 4.36. The van der Waals surface area contributed by atoms with Gasteiger partial charge in [-0.15, -0.1) is 0 Å².